The van der Waals surface area contributed by atoms with Gasteiger partial charge in [0.2, 0.25) is 5.91 Å². The molecule has 3 aromatic rings. The van der Waals surface area contributed by atoms with E-state index in [-0.39, 0.29) is 18.4 Å². The molecule has 0 saturated heterocycles. The maximum absolute atomic E-state index is 13.5. The maximum Gasteiger partial charge on any atom is 0.231 e. The number of nitrogens with zero attached hydrogens (tertiary/aromatic N) is 2. The molecule has 3 rings (SSSR count). The average molecular weight is 448 g/mol. The summed E-state index contributed by atoms with van der Waals surface area (Å²) in [5, 5.41) is 16.1. The second-order valence-electron chi connectivity index (χ2n) is 8.85. The van der Waals surface area contributed by atoms with Crippen LogP contribution in [0.3, 0.4) is 0 Å². The van der Waals surface area contributed by atoms with Gasteiger partial charge < -0.3 is 21.5 Å². The quantitative estimate of drug-likeness (QED) is 0.381. The van der Waals surface area contributed by atoms with Gasteiger partial charge in [0.1, 0.15) is 6.33 Å². The van der Waals surface area contributed by atoms with Crippen LogP contribution in [0.1, 0.15) is 54.5 Å². The summed E-state index contributed by atoms with van der Waals surface area (Å²) in [5.41, 5.74) is 12.4. The summed E-state index contributed by atoms with van der Waals surface area (Å²) in [4.78, 5) is 21.5. The van der Waals surface area contributed by atoms with Gasteiger partial charge in [-0.05, 0) is 54.7 Å². The van der Waals surface area contributed by atoms with E-state index in [0.29, 0.717) is 11.4 Å². The molecule has 5 N–H and O–H groups in total. The molecule has 33 heavy (non-hydrogen) atoms. The molecule has 1 atom stereocenters. The first-order valence-electron chi connectivity index (χ1n) is 11.1. The van der Waals surface area contributed by atoms with E-state index in [1.54, 1.807) is 12.4 Å². The zero-order valence-corrected chi connectivity index (χ0v) is 19.9. The van der Waals surface area contributed by atoms with Gasteiger partial charge in [0.05, 0.1) is 41.5 Å². The number of hydrogen-bond donors (Lipinski definition) is 4. The van der Waals surface area contributed by atoms with Gasteiger partial charge in [0.25, 0.3) is 0 Å². The molecule has 174 valence electrons. The Bertz CT molecular complexity index is 1130. The second kappa shape index (κ2) is 10.0. The molecule has 2 aromatic carbocycles. The third-order valence-electron chi connectivity index (χ3n) is 6.24. The number of aliphatic hydroxyl groups excluding tert-OH is 1. The van der Waals surface area contributed by atoms with Crippen LogP contribution in [-0.2, 0) is 11.4 Å². The van der Waals surface area contributed by atoms with Crippen LogP contribution in [0.2, 0.25) is 0 Å². The van der Waals surface area contributed by atoms with Crippen molar-refractivity contribution in [3.05, 3.63) is 76.9 Å². The molecular weight excluding hydrogens is 414 g/mol. The molecule has 0 aliphatic carbocycles. The van der Waals surface area contributed by atoms with Crippen LogP contribution in [0, 0.1) is 19.3 Å². The fourth-order valence-corrected chi connectivity index (χ4v) is 4.22. The monoisotopic (exact) mass is 447 g/mol. The first kappa shape index (κ1) is 24.2. The van der Waals surface area contributed by atoms with Crippen molar-refractivity contribution in [1.29, 1.82) is 0 Å². The van der Waals surface area contributed by atoms with Crippen LogP contribution < -0.4 is 16.4 Å². The lowest BCUT2D eigenvalue weighted by Gasteiger charge is -2.35. The third-order valence-corrected chi connectivity index (χ3v) is 6.24. The number of hydrogen-bond acceptors (Lipinski definition) is 6. The van der Waals surface area contributed by atoms with Gasteiger partial charge in [0.15, 0.2) is 0 Å². The van der Waals surface area contributed by atoms with Crippen molar-refractivity contribution >= 4 is 23.0 Å². The minimum Gasteiger partial charge on any atom is -0.397 e. The highest BCUT2D eigenvalue weighted by Crippen LogP contribution is 2.45. The van der Waals surface area contributed by atoms with E-state index >= 15 is 0 Å². The molecule has 0 bridgehead atoms. The molecule has 0 spiro atoms. The topological polar surface area (TPSA) is 113 Å². The third kappa shape index (κ3) is 4.98. The summed E-state index contributed by atoms with van der Waals surface area (Å²) in [6.07, 6.45) is 4.56. The van der Waals surface area contributed by atoms with Crippen molar-refractivity contribution < 1.29 is 9.90 Å². The number of anilines is 3. The number of nitrogens with two attached hydrogens (primary N) is 1. The maximum atomic E-state index is 13.5. The number of nitrogen functional groups attached to an aromatic ring is 1. The molecule has 0 unspecified atom stereocenters. The van der Waals surface area contributed by atoms with Crippen LogP contribution in [-0.4, -0.2) is 27.5 Å². The first-order chi connectivity index (χ1) is 15.7. The van der Waals surface area contributed by atoms with Gasteiger partial charge in [-0.15, -0.1) is 0 Å². The molecule has 0 aliphatic heterocycles. The van der Waals surface area contributed by atoms with E-state index in [2.05, 4.69) is 20.6 Å². The standard InChI is InChI=1S/C26H33N5O2/c1-6-30-22-10-9-21(17(3)24(22)27)23(18-8-7-16(2)19(11-18)14-32)26(4,5)25(33)31-20-12-28-15-29-13-20/h7-13,15,23,30,32H,6,14,27H2,1-5H3,(H,31,33)/t23-/m0/s1. The molecule has 7 heteroatoms. The normalized spacial score (nSPS) is 12.3. The largest absolute Gasteiger partial charge is 0.397 e. The Kier molecular flexibility index (Phi) is 7.33. The Hall–Kier alpha value is -3.45. The van der Waals surface area contributed by atoms with Crippen molar-refractivity contribution in [3.8, 4) is 0 Å². The minimum atomic E-state index is -0.866. The molecule has 0 radical (unpaired) electrons. The van der Waals surface area contributed by atoms with Gasteiger partial charge >= 0.3 is 0 Å². The zero-order valence-electron chi connectivity index (χ0n) is 19.9. The van der Waals surface area contributed by atoms with Crippen LogP contribution >= 0.6 is 0 Å². The average Bonchev–Trinajstić information content (AvgIpc) is 2.80. The Balaban J connectivity index is 2.15. The fraction of sp³-hybridized carbons (Fsp3) is 0.346. The second-order valence-corrected chi connectivity index (χ2v) is 8.85. The van der Waals surface area contributed by atoms with Crippen LogP contribution in [0.5, 0.6) is 0 Å². The van der Waals surface area contributed by atoms with E-state index in [9.17, 15) is 9.90 Å². The van der Waals surface area contributed by atoms with Crippen molar-refractivity contribution in [1.82, 2.24) is 9.97 Å². The predicted molar refractivity (Wildman–Crippen MR) is 133 cm³/mol. The number of nitrogens with one attached hydrogen (secondary N) is 2. The highest BCUT2D eigenvalue weighted by Gasteiger charge is 2.40. The number of aliphatic hydroxyl groups is 1. The lowest BCUT2D eigenvalue weighted by Crippen LogP contribution is -2.37. The summed E-state index contributed by atoms with van der Waals surface area (Å²) >= 11 is 0. The SMILES string of the molecule is CCNc1ccc([C@H](c2ccc(C)c(CO)c2)C(C)(C)C(=O)Nc2cncnc2)c(C)c1N. The first-order valence-corrected chi connectivity index (χ1v) is 11.1. The van der Waals surface area contributed by atoms with Crippen molar-refractivity contribution in [3.63, 3.8) is 0 Å². The van der Waals surface area contributed by atoms with Crippen molar-refractivity contribution in [2.45, 2.75) is 47.1 Å². The van der Waals surface area contributed by atoms with Gasteiger partial charge in [-0.25, -0.2) is 9.97 Å². The number of rotatable bonds is 8. The summed E-state index contributed by atoms with van der Waals surface area (Å²) in [6.45, 7) is 10.5. The van der Waals surface area contributed by atoms with E-state index in [1.807, 2.05) is 65.0 Å². The lowest BCUT2D eigenvalue weighted by atomic mass is 9.69. The van der Waals surface area contributed by atoms with E-state index in [4.69, 9.17) is 5.73 Å². The molecule has 7 nitrogen and oxygen atoms in total. The molecule has 1 heterocycles. The number of carbonyl (C=O) groups excluding carboxylic acids is 1. The Morgan fingerprint density at radius 3 is 2.48 bits per heavy atom. The Labute approximate surface area is 195 Å². The Morgan fingerprint density at radius 1 is 1.15 bits per heavy atom. The van der Waals surface area contributed by atoms with Crippen molar-refractivity contribution in [2.75, 3.05) is 22.9 Å². The molecule has 0 aliphatic rings. The minimum absolute atomic E-state index is 0.0686. The van der Waals surface area contributed by atoms with Gasteiger partial charge in [-0.3, -0.25) is 4.79 Å². The highest BCUT2D eigenvalue weighted by atomic mass is 16.3. The molecule has 0 fully saturated rings. The number of aromatic nitrogens is 2. The molecule has 1 aromatic heterocycles. The molecule has 0 saturated carbocycles. The number of benzene rings is 2. The smallest absolute Gasteiger partial charge is 0.231 e. The zero-order chi connectivity index (χ0) is 24.2. The number of aryl methyl sites for hydroxylation is 1. The Morgan fingerprint density at radius 2 is 1.85 bits per heavy atom. The van der Waals surface area contributed by atoms with Gasteiger partial charge in [-0.2, -0.15) is 0 Å². The fourth-order valence-electron chi connectivity index (χ4n) is 4.22. The van der Waals surface area contributed by atoms with Crippen molar-refractivity contribution in [2.24, 2.45) is 5.41 Å². The van der Waals surface area contributed by atoms with E-state index < -0.39 is 5.41 Å². The highest BCUT2D eigenvalue weighted by molar-refractivity contribution is 5.96. The van der Waals surface area contributed by atoms with Crippen LogP contribution in [0.15, 0.2) is 49.1 Å². The number of amides is 1. The number of carbonyl (C=O) groups is 1. The van der Waals surface area contributed by atoms with E-state index in [1.165, 1.54) is 6.33 Å². The summed E-state index contributed by atoms with van der Waals surface area (Å²) < 4.78 is 0. The predicted octanol–water partition coefficient (Wildman–Crippen LogP) is 4.40. The molecule has 1 amide bonds. The van der Waals surface area contributed by atoms with Gasteiger partial charge in [-0.1, -0.05) is 38.1 Å². The van der Waals surface area contributed by atoms with Crippen LogP contribution in [0.25, 0.3) is 0 Å². The van der Waals surface area contributed by atoms with E-state index in [0.717, 1.165) is 40.0 Å². The van der Waals surface area contributed by atoms with Crippen LogP contribution in [0.4, 0.5) is 17.1 Å². The lowest BCUT2D eigenvalue weighted by molar-refractivity contribution is -0.124. The summed E-state index contributed by atoms with van der Waals surface area (Å²) in [7, 11) is 0. The summed E-state index contributed by atoms with van der Waals surface area (Å²) in [6, 6.07) is 9.99. The van der Waals surface area contributed by atoms with Gasteiger partial charge in [0, 0.05) is 12.5 Å². The molecular formula is C26H33N5O2. The summed E-state index contributed by atoms with van der Waals surface area (Å²) in [5.74, 6) is -0.479.